The van der Waals surface area contributed by atoms with Crippen molar-refractivity contribution in [2.45, 2.75) is 44.2 Å². The highest BCUT2D eigenvalue weighted by Crippen LogP contribution is 2.39. The minimum absolute atomic E-state index is 0.0880. The molecule has 152 valence electrons. The molecule has 9 nitrogen and oxygen atoms in total. The van der Waals surface area contributed by atoms with Crippen LogP contribution >= 0.6 is 0 Å². The Morgan fingerprint density at radius 1 is 1.00 bits per heavy atom. The molecule has 2 aliphatic rings. The van der Waals surface area contributed by atoms with Crippen LogP contribution in [0.2, 0.25) is 0 Å². The summed E-state index contributed by atoms with van der Waals surface area (Å²) in [5.74, 6) is -2.01. The van der Waals surface area contributed by atoms with E-state index < -0.39 is 42.3 Å². The topological polar surface area (TPSA) is 106 Å². The smallest absolute Gasteiger partial charge is 0.342 e. The second-order valence-corrected chi connectivity index (χ2v) is 7.09. The molecule has 4 rings (SSSR count). The summed E-state index contributed by atoms with van der Waals surface area (Å²) in [5.41, 5.74) is 0.614. The molecule has 9 heteroatoms. The van der Waals surface area contributed by atoms with E-state index in [-0.39, 0.29) is 12.2 Å². The van der Waals surface area contributed by atoms with Gasteiger partial charge in [0, 0.05) is 24.8 Å². The van der Waals surface area contributed by atoms with Crippen LogP contribution in [0.5, 0.6) is 0 Å². The van der Waals surface area contributed by atoms with Crippen molar-refractivity contribution in [2.24, 2.45) is 0 Å². The second kappa shape index (κ2) is 7.86. The number of ether oxygens (including phenoxy) is 5. The van der Waals surface area contributed by atoms with E-state index in [0.717, 1.165) is 0 Å². The number of hydrogen-bond donors (Lipinski definition) is 0. The Morgan fingerprint density at radius 3 is 2.24 bits per heavy atom. The first kappa shape index (κ1) is 19.4. The third kappa shape index (κ3) is 4.26. The number of pyridine rings is 2. The summed E-state index contributed by atoms with van der Waals surface area (Å²) in [4.78, 5) is 32.4. The molecule has 0 spiro atoms. The highest BCUT2D eigenvalue weighted by Gasteiger charge is 2.57. The molecule has 2 saturated heterocycles. The van der Waals surface area contributed by atoms with E-state index in [1.807, 2.05) is 0 Å². The van der Waals surface area contributed by atoms with Crippen LogP contribution in [0.3, 0.4) is 0 Å². The van der Waals surface area contributed by atoms with Crippen LogP contribution in [0.4, 0.5) is 0 Å². The molecular weight excluding hydrogens is 380 g/mol. The maximum Gasteiger partial charge on any atom is 0.342 e. The number of fused-ring (bicyclic) bond motifs is 1. The quantitative estimate of drug-likeness (QED) is 0.694. The molecule has 0 bridgehead atoms. The van der Waals surface area contributed by atoms with Gasteiger partial charge in [0.05, 0.1) is 11.1 Å². The molecule has 4 heterocycles. The van der Waals surface area contributed by atoms with Crippen molar-refractivity contribution < 1.29 is 33.3 Å². The third-order valence-corrected chi connectivity index (χ3v) is 4.50. The molecule has 2 fully saturated rings. The van der Waals surface area contributed by atoms with Crippen LogP contribution < -0.4 is 0 Å². The fourth-order valence-electron chi connectivity index (χ4n) is 3.25. The number of rotatable bonds is 5. The number of aromatic nitrogens is 2. The van der Waals surface area contributed by atoms with Crippen molar-refractivity contribution in [1.29, 1.82) is 0 Å². The Balaban J connectivity index is 1.43. The Labute approximate surface area is 166 Å². The van der Waals surface area contributed by atoms with Crippen LogP contribution in [0.15, 0.2) is 49.1 Å². The third-order valence-electron chi connectivity index (χ3n) is 4.50. The highest BCUT2D eigenvalue weighted by molar-refractivity contribution is 5.89. The molecule has 2 aromatic heterocycles. The molecular formula is C20H20N2O7. The summed E-state index contributed by atoms with van der Waals surface area (Å²) in [6, 6.07) is 6.46. The minimum Gasteiger partial charge on any atom is -0.459 e. The predicted octanol–water partition coefficient (Wildman–Crippen LogP) is 1.74. The van der Waals surface area contributed by atoms with Gasteiger partial charge < -0.3 is 23.7 Å². The molecule has 4 atom stereocenters. The zero-order valence-electron chi connectivity index (χ0n) is 15.9. The SMILES string of the molecule is CC1(C)O[C@@H]2[C@@H](COC(=O)c3cccnc3)OC(OC(=O)c3cccnc3)[C@@H]2O1. The molecule has 0 radical (unpaired) electrons. The van der Waals surface area contributed by atoms with Gasteiger partial charge in [-0.25, -0.2) is 9.59 Å². The lowest BCUT2D eigenvalue weighted by Gasteiger charge is -2.24. The maximum atomic E-state index is 12.4. The van der Waals surface area contributed by atoms with E-state index in [2.05, 4.69) is 9.97 Å². The Bertz CT molecular complexity index is 875. The van der Waals surface area contributed by atoms with E-state index in [1.165, 1.54) is 12.4 Å². The Hall–Kier alpha value is -2.88. The lowest BCUT2D eigenvalue weighted by atomic mass is 10.1. The molecule has 0 aliphatic carbocycles. The molecule has 0 N–H and O–H groups in total. The van der Waals surface area contributed by atoms with Crippen LogP contribution in [0, 0.1) is 0 Å². The lowest BCUT2D eigenvalue weighted by molar-refractivity contribution is -0.223. The number of carbonyl (C=O) groups is 2. The minimum atomic E-state index is -1.00. The number of hydrogen-bond acceptors (Lipinski definition) is 9. The van der Waals surface area contributed by atoms with Gasteiger partial charge in [0.25, 0.3) is 0 Å². The monoisotopic (exact) mass is 400 g/mol. The van der Waals surface area contributed by atoms with Crippen LogP contribution in [0.1, 0.15) is 34.6 Å². The first-order valence-corrected chi connectivity index (χ1v) is 9.12. The Kier molecular flexibility index (Phi) is 5.27. The fraction of sp³-hybridized carbons (Fsp3) is 0.400. The zero-order chi connectivity index (χ0) is 20.4. The maximum absolute atomic E-state index is 12.4. The van der Waals surface area contributed by atoms with Gasteiger partial charge in [0.1, 0.15) is 18.8 Å². The second-order valence-electron chi connectivity index (χ2n) is 7.09. The molecule has 0 saturated carbocycles. The van der Waals surface area contributed by atoms with Gasteiger partial charge in [-0.05, 0) is 38.1 Å². The molecule has 1 unspecified atom stereocenters. The van der Waals surface area contributed by atoms with E-state index in [9.17, 15) is 9.59 Å². The van der Waals surface area contributed by atoms with Gasteiger partial charge in [-0.3, -0.25) is 9.97 Å². The molecule has 0 aromatic carbocycles. The van der Waals surface area contributed by atoms with E-state index in [4.69, 9.17) is 23.7 Å². The summed E-state index contributed by atoms with van der Waals surface area (Å²) in [6.45, 7) is 3.42. The molecule has 2 aliphatic heterocycles. The molecule has 2 aromatic rings. The summed E-state index contributed by atoms with van der Waals surface area (Å²) in [6.07, 6.45) is 3.07. The summed E-state index contributed by atoms with van der Waals surface area (Å²) < 4.78 is 28.3. The number of carbonyl (C=O) groups excluding carboxylic acids is 2. The van der Waals surface area contributed by atoms with E-state index in [0.29, 0.717) is 5.56 Å². The largest absolute Gasteiger partial charge is 0.459 e. The Morgan fingerprint density at radius 2 is 1.62 bits per heavy atom. The predicted molar refractivity (Wildman–Crippen MR) is 96.7 cm³/mol. The molecule has 0 amide bonds. The van der Waals surface area contributed by atoms with Crippen LogP contribution in [-0.4, -0.2) is 58.9 Å². The van der Waals surface area contributed by atoms with Crippen molar-refractivity contribution in [1.82, 2.24) is 9.97 Å². The van der Waals surface area contributed by atoms with Gasteiger partial charge in [-0.1, -0.05) is 0 Å². The summed E-state index contributed by atoms with van der Waals surface area (Å²) in [7, 11) is 0. The number of nitrogens with zero attached hydrogens (tertiary/aromatic N) is 2. The van der Waals surface area contributed by atoms with Crippen molar-refractivity contribution in [2.75, 3.05) is 6.61 Å². The van der Waals surface area contributed by atoms with Crippen molar-refractivity contribution >= 4 is 11.9 Å². The normalized spacial score (nSPS) is 27.2. The average molecular weight is 400 g/mol. The van der Waals surface area contributed by atoms with Crippen molar-refractivity contribution in [3.63, 3.8) is 0 Å². The standard InChI is InChI=1S/C20H20N2O7/c1-20(2)28-15-14(11-25-17(23)12-5-3-7-21-9-12)26-19(16(15)29-20)27-18(24)13-6-4-8-22-10-13/h3-10,14-16,19H,11H2,1-2H3/t14-,15-,16-,19?/m1/s1. The van der Waals surface area contributed by atoms with Crippen molar-refractivity contribution in [3.8, 4) is 0 Å². The average Bonchev–Trinajstić information content (AvgIpc) is 3.21. The first-order chi connectivity index (χ1) is 13.9. The lowest BCUT2D eigenvalue weighted by Crippen LogP contribution is -2.33. The summed E-state index contributed by atoms with van der Waals surface area (Å²) in [5, 5.41) is 0. The van der Waals surface area contributed by atoms with Gasteiger partial charge >= 0.3 is 11.9 Å². The van der Waals surface area contributed by atoms with Gasteiger partial charge in [0.2, 0.25) is 6.29 Å². The van der Waals surface area contributed by atoms with E-state index in [1.54, 1.807) is 50.5 Å². The van der Waals surface area contributed by atoms with Gasteiger partial charge in [-0.15, -0.1) is 0 Å². The van der Waals surface area contributed by atoms with Crippen LogP contribution in [0.25, 0.3) is 0 Å². The zero-order valence-corrected chi connectivity index (χ0v) is 15.9. The molecule has 29 heavy (non-hydrogen) atoms. The van der Waals surface area contributed by atoms with E-state index >= 15 is 0 Å². The van der Waals surface area contributed by atoms with Gasteiger partial charge in [0.15, 0.2) is 11.9 Å². The first-order valence-electron chi connectivity index (χ1n) is 9.12. The van der Waals surface area contributed by atoms with Crippen molar-refractivity contribution in [3.05, 3.63) is 60.2 Å². The number of esters is 2. The van der Waals surface area contributed by atoms with Gasteiger partial charge in [-0.2, -0.15) is 0 Å². The fourth-order valence-corrected chi connectivity index (χ4v) is 3.25. The summed E-state index contributed by atoms with van der Waals surface area (Å²) >= 11 is 0. The highest BCUT2D eigenvalue weighted by atomic mass is 16.8. The van der Waals surface area contributed by atoms with Crippen LogP contribution in [-0.2, 0) is 23.7 Å².